The minimum Gasteiger partial charge on any atom is -0.454 e. The molecule has 1 amide bonds. The Morgan fingerprint density at radius 2 is 2.24 bits per heavy atom. The number of hydrogen-bond donors (Lipinski definition) is 1. The zero-order valence-corrected chi connectivity index (χ0v) is 13.7. The van der Waals surface area contributed by atoms with Gasteiger partial charge < -0.3 is 9.73 Å². The molecule has 21 heavy (non-hydrogen) atoms. The second kappa shape index (κ2) is 5.67. The summed E-state index contributed by atoms with van der Waals surface area (Å²) in [4.78, 5) is 11.9. The van der Waals surface area contributed by atoms with Crippen molar-refractivity contribution in [3.05, 3.63) is 39.5 Å². The molecule has 0 unspecified atom stereocenters. The maximum atomic E-state index is 11.9. The lowest BCUT2D eigenvalue weighted by molar-refractivity contribution is 0.0922. The molecule has 112 valence electrons. The topological polar surface area (TPSA) is 60.1 Å². The van der Waals surface area contributed by atoms with Gasteiger partial charge in [-0.1, -0.05) is 0 Å². The Labute approximate surface area is 131 Å². The van der Waals surface area contributed by atoms with Crippen LogP contribution in [0.5, 0.6) is 0 Å². The van der Waals surface area contributed by atoms with Crippen molar-refractivity contribution in [3.8, 4) is 0 Å². The van der Waals surface area contributed by atoms with Gasteiger partial charge in [-0.2, -0.15) is 5.10 Å². The Bertz CT molecular complexity index is 671. The van der Waals surface area contributed by atoms with Crippen molar-refractivity contribution >= 4 is 21.8 Å². The van der Waals surface area contributed by atoms with E-state index in [4.69, 9.17) is 4.42 Å². The van der Waals surface area contributed by atoms with Gasteiger partial charge in [-0.05, 0) is 60.7 Å². The van der Waals surface area contributed by atoms with Gasteiger partial charge in [-0.25, -0.2) is 0 Å². The molecule has 1 fully saturated rings. The highest BCUT2D eigenvalue weighted by molar-refractivity contribution is 9.10. The van der Waals surface area contributed by atoms with Gasteiger partial charge >= 0.3 is 0 Å². The molecule has 0 saturated heterocycles. The predicted molar refractivity (Wildman–Crippen MR) is 82.3 cm³/mol. The smallest absolute Gasteiger partial charge is 0.287 e. The summed E-state index contributed by atoms with van der Waals surface area (Å²) in [6.45, 7) is 5.22. The van der Waals surface area contributed by atoms with Crippen LogP contribution >= 0.6 is 15.9 Å². The summed E-state index contributed by atoms with van der Waals surface area (Å²) in [6.07, 6.45) is 2.44. The lowest BCUT2D eigenvalue weighted by Crippen LogP contribution is -2.25. The van der Waals surface area contributed by atoms with E-state index in [1.165, 1.54) is 12.8 Å². The molecule has 0 aromatic carbocycles. The number of nitrogens with one attached hydrogen (secondary N) is 1. The van der Waals surface area contributed by atoms with Crippen LogP contribution in [0.25, 0.3) is 0 Å². The lowest BCUT2D eigenvalue weighted by atomic mass is 10.3. The summed E-state index contributed by atoms with van der Waals surface area (Å²) in [5.41, 5.74) is 1.99. The van der Waals surface area contributed by atoms with Crippen LogP contribution in [-0.2, 0) is 6.54 Å². The molecule has 6 heteroatoms. The van der Waals surface area contributed by atoms with Gasteiger partial charge in [0, 0.05) is 6.54 Å². The largest absolute Gasteiger partial charge is 0.454 e. The number of amides is 1. The Morgan fingerprint density at radius 3 is 2.86 bits per heavy atom. The van der Waals surface area contributed by atoms with Crippen LogP contribution < -0.4 is 5.32 Å². The molecule has 0 aliphatic heterocycles. The van der Waals surface area contributed by atoms with Crippen molar-refractivity contribution in [2.24, 2.45) is 5.92 Å². The summed E-state index contributed by atoms with van der Waals surface area (Å²) < 4.78 is 8.49. The van der Waals surface area contributed by atoms with Crippen LogP contribution in [0.1, 0.15) is 40.5 Å². The third kappa shape index (κ3) is 3.20. The average Bonchev–Trinajstić information content (AvgIpc) is 3.13. The van der Waals surface area contributed by atoms with E-state index >= 15 is 0 Å². The third-order valence-corrected chi connectivity index (χ3v) is 4.88. The quantitative estimate of drug-likeness (QED) is 0.900. The minimum absolute atomic E-state index is 0.136. The molecule has 2 heterocycles. The second-order valence-electron chi connectivity index (χ2n) is 5.56. The van der Waals surface area contributed by atoms with Gasteiger partial charge in [0.1, 0.15) is 5.76 Å². The highest BCUT2D eigenvalue weighted by atomic mass is 79.9. The monoisotopic (exact) mass is 351 g/mol. The molecule has 1 aliphatic rings. The summed E-state index contributed by atoms with van der Waals surface area (Å²) in [5, 5.41) is 7.34. The van der Waals surface area contributed by atoms with Crippen LogP contribution in [0.4, 0.5) is 0 Å². The van der Waals surface area contributed by atoms with Crippen molar-refractivity contribution in [2.45, 2.75) is 33.2 Å². The van der Waals surface area contributed by atoms with Gasteiger partial charge in [0.2, 0.25) is 0 Å². The Morgan fingerprint density at radius 1 is 1.48 bits per heavy atom. The molecule has 0 radical (unpaired) electrons. The lowest BCUT2D eigenvalue weighted by Gasteiger charge is -2.02. The summed E-state index contributed by atoms with van der Waals surface area (Å²) in [6, 6.07) is 3.55. The number of rotatable bonds is 5. The molecule has 1 N–H and O–H groups in total. The highest BCUT2D eigenvalue weighted by Crippen LogP contribution is 2.27. The number of carbonyl (C=O) groups is 1. The van der Waals surface area contributed by atoms with E-state index in [9.17, 15) is 4.79 Å². The van der Waals surface area contributed by atoms with Crippen molar-refractivity contribution in [1.29, 1.82) is 0 Å². The molecule has 0 spiro atoms. The zero-order chi connectivity index (χ0) is 15.0. The number of aryl methyl sites for hydroxylation is 1. The van der Waals surface area contributed by atoms with Gasteiger partial charge in [0.05, 0.1) is 22.4 Å². The van der Waals surface area contributed by atoms with Crippen molar-refractivity contribution in [3.63, 3.8) is 0 Å². The highest BCUT2D eigenvalue weighted by Gasteiger charge is 2.22. The first-order valence-electron chi connectivity index (χ1n) is 7.11. The molecule has 5 nitrogen and oxygen atoms in total. The fourth-order valence-electron chi connectivity index (χ4n) is 2.21. The molecule has 0 atom stereocenters. The number of nitrogens with zero attached hydrogens (tertiary/aromatic N) is 2. The predicted octanol–water partition coefficient (Wildman–Crippen LogP) is 3.04. The van der Waals surface area contributed by atoms with Crippen LogP contribution in [0, 0.1) is 19.8 Å². The first-order chi connectivity index (χ1) is 10.0. The normalized spacial score (nSPS) is 14.4. The first-order valence-corrected chi connectivity index (χ1v) is 7.90. The van der Waals surface area contributed by atoms with Crippen molar-refractivity contribution in [1.82, 2.24) is 15.1 Å². The molecule has 2 aromatic heterocycles. The summed E-state index contributed by atoms with van der Waals surface area (Å²) in [5.74, 6) is 1.62. The third-order valence-electron chi connectivity index (χ3n) is 3.73. The standard InChI is InChI=1S/C15H18BrN3O2/c1-9-14(16)10(2)19(18-9)8-12-5-6-13(21-12)15(20)17-7-11-3-4-11/h5-6,11H,3-4,7-8H2,1-2H3,(H,17,20). The SMILES string of the molecule is Cc1nn(Cc2ccc(C(=O)NCC3CC3)o2)c(C)c1Br. The molecule has 3 rings (SSSR count). The fraction of sp³-hybridized carbons (Fsp3) is 0.467. The molecular weight excluding hydrogens is 334 g/mol. The minimum atomic E-state index is -0.136. The van der Waals surface area contributed by atoms with E-state index in [-0.39, 0.29) is 5.91 Å². The zero-order valence-electron chi connectivity index (χ0n) is 12.1. The van der Waals surface area contributed by atoms with Crippen LogP contribution in [0.2, 0.25) is 0 Å². The molecular formula is C15H18BrN3O2. The van der Waals surface area contributed by atoms with Gasteiger partial charge in [-0.3, -0.25) is 9.48 Å². The first kappa shape index (κ1) is 14.4. The van der Waals surface area contributed by atoms with Crippen molar-refractivity contribution < 1.29 is 9.21 Å². The molecule has 2 aromatic rings. The Balaban J connectivity index is 1.66. The maximum Gasteiger partial charge on any atom is 0.287 e. The number of halogens is 1. The van der Waals surface area contributed by atoms with Gasteiger partial charge in [-0.15, -0.1) is 0 Å². The van der Waals surface area contributed by atoms with Crippen molar-refractivity contribution in [2.75, 3.05) is 6.54 Å². The van der Waals surface area contributed by atoms with E-state index in [0.717, 1.165) is 28.2 Å². The number of hydrogen-bond acceptors (Lipinski definition) is 3. The molecule has 1 saturated carbocycles. The van der Waals surface area contributed by atoms with E-state index < -0.39 is 0 Å². The summed E-state index contributed by atoms with van der Waals surface area (Å²) >= 11 is 3.50. The number of furan rings is 1. The van der Waals surface area contributed by atoms with E-state index in [1.807, 2.05) is 24.6 Å². The van der Waals surface area contributed by atoms with Gasteiger partial charge in [0.15, 0.2) is 5.76 Å². The number of carbonyl (C=O) groups excluding carboxylic acids is 1. The van der Waals surface area contributed by atoms with E-state index in [2.05, 4.69) is 26.3 Å². The number of aromatic nitrogens is 2. The Hall–Kier alpha value is -1.56. The average molecular weight is 352 g/mol. The second-order valence-corrected chi connectivity index (χ2v) is 6.35. The van der Waals surface area contributed by atoms with E-state index in [0.29, 0.717) is 18.2 Å². The van der Waals surface area contributed by atoms with Gasteiger partial charge in [0.25, 0.3) is 5.91 Å². The summed E-state index contributed by atoms with van der Waals surface area (Å²) in [7, 11) is 0. The molecule has 0 bridgehead atoms. The molecule has 1 aliphatic carbocycles. The van der Waals surface area contributed by atoms with Crippen LogP contribution in [-0.4, -0.2) is 22.2 Å². The van der Waals surface area contributed by atoms with E-state index in [1.54, 1.807) is 6.07 Å². The maximum absolute atomic E-state index is 11.9. The van der Waals surface area contributed by atoms with Crippen LogP contribution in [0.15, 0.2) is 21.0 Å². The fourth-order valence-corrected chi connectivity index (χ4v) is 2.49. The van der Waals surface area contributed by atoms with Crippen LogP contribution in [0.3, 0.4) is 0 Å². The Kier molecular flexibility index (Phi) is 3.89.